The van der Waals surface area contributed by atoms with Crippen molar-refractivity contribution in [2.75, 3.05) is 24.9 Å². The van der Waals surface area contributed by atoms with Crippen molar-refractivity contribution in [3.8, 4) is 5.75 Å². The van der Waals surface area contributed by atoms with Gasteiger partial charge in [-0.25, -0.2) is 8.42 Å². The van der Waals surface area contributed by atoms with Crippen LogP contribution in [0.15, 0.2) is 61.8 Å². The van der Waals surface area contributed by atoms with Crippen LogP contribution in [0.4, 0.5) is 18.9 Å². The van der Waals surface area contributed by atoms with Crippen molar-refractivity contribution >= 4 is 38.8 Å². The van der Waals surface area contributed by atoms with E-state index in [9.17, 15) is 21.6 Å². The van der Waals surface area contributed by atoms with Crippen molar-refractivity contribution in [2.45, 2.75) is 45.9 Å². The topological polar surface area (TPSA) is 58.6 Å². The maximum absolute atomic E-state index is 13.5. The number of hydrogen-bond donors (Lipinski definition) is 1. The van der Waals surface area contributed by atoms with Crippen LogP contribution in [-0.2, 0) is 16.2 Å². The Morgan fingerprint density at radius 2 is 1.86 bits per heavy atom. The van der Waals surface area contributed by atoms with E-state index in [1.807, 2.05) is 44.0 Å². The molecule has 0 aliphatic carbocycles. The third kappa shape index (κ3) is 6.32. The van der Waals surface area contributed by atoms with Crippen molar-refractivity contribution in [1.29, 1.82) is 0 Å². The number of rotatable bonds is 7. The van der Waals surface area contributed by atoms with Gasteiger partial charge in [-0.1, -0.05) is 17.8 Å². The van der Waals surface area contributed by atoms with E-state index in [1.165, 1.54) is 23.4 Å². The number of hydrogen-bond acceptors (Lipinski definition) is 6. The van der Waals surface area contributed by atoms with Crippen molar-refractivity contribution in [2.24, 2.45) is 0 Å². The summed E-state index contributed by atoms with van der Waals surface area (Å²) in [4.78, 5) is 2.96. The van der Waals surface area contributed by atoms with Gasteiger partial charge < -0.3 is 9.64 Å². The normalized spacial score (nSPS) is 17.0. The van der Waals surface area contributed by atoms with Crippen LogP contribution in [0.25, 0.3) is 0 Å². The number of thiophene rings is 1. The van der Waals surface area contributed by atoms with Crippen molar-refractivity contribution in [1.82, 2.24) is 4.90 Å². The summed E-state index contributed by atoms with van der Waals surface area (Å²) >= 11 is 2.55. The monoisotopic (exact) mass is 542 g/mol. The second kappa shape index (κ2) is 10.0. The number of nitrogens with zero attached hydrogens (tertiary/aromatic N) is 1. The fourth-order valence-electron chi connectivity index (χ4n) is 3.69. The zero-order valence-electron chi connectivity index (χ0n) is 19.3. The Labute approximate surface area is 211 Å². The van der Waals surface area contributed by atoms with Crippen molar-refractivity contribution in [3.05, 3.63) is 65.2 Å². The summed E-state index contributed by atoms with van der Waals surface area (Å²) < 4.78 is 75.4. The minimum atomic E-state index is -4.62. The van der Waals surface area contributed by atoms with E-state index in [-0.39, 0.29) is 15.6 Å². The van der Waals surface area contributed by atoms with Gasteiger partial charge in [-0.05, 0) is 74.8 Å². The highest BCUT2D eigenvalue weighted by Crippen LogP contribution is 2.40. The molecular weight excluding hydrogens is 517 g/mol. The Balaban J connectivity index is 1.53. The van der Waals surface area contributed by atoms with Crippen LogP contribution in [0.5, 0.6) is 5.75 Å². The molecule has 3 aromatic rings. The SMILES string of the molecule is Cc1ccc(Sc2ccc(S(=O)(=O)Nc3ccc(C(F)(F)F)c(O[C@@H]4CCN(C)C4)c3)s2)cc1C. The van der Waals surface area contributed by atoms with Gasteiger partial charge in [0, 0.05) is 24.1 Å². The third-order valence-corrected chi connectivity index (χ3v) is 9.78. The lowest BCUT2D eigenvalue weighted by molar-refractivity contribution is -0.139. The average molecular weight is 543 g/mol. The number of likely N-dealkylation sites (N-methyl/N-ethyl adjacent to an activating group) is 1. The van der Waals surface area contributed by atoms with Crippen LogP contribution >= 0.6 is 23.1 Å². The number of aryl methyl sites for hydroxylation is 2. The van der Waals surface area contributed by atoms with E-state index in [0.717, 1.165) is 50.7 Å². The maximum Gasteiger partial charge on any atom is 0.419 e. The summed E-state index contributed by atoms with van der Waals surface area (Å²) in [7, 11) is -2.12. The number of sulfonamides is 1. The fraction of sp³-hybridized carbons (Fsp3) is 0.333. The number of anilines is 1. The molecule has 0 amide bonds. The van der Waals surface area contributed by atoms with Gasteiger partial charge >= 0.3 is 6.18 Å². The van der Waals surface area contributed by atoms with Crippen LogP contribution in [0.2, 0.25) is 0 Å². The molecule has 1 atom stereocenters. The van der Waals surface area contributed by atoms with Gasteiger partial charge in [0.15, 0.2) is 0 Å². The molecule has 188 valence electrons. The number of halogens is 3. The molecule has 11 heteroatoms. The van der Waals surface area contributed by atoms with Gasteiger partial charge in [0.25, 0.3) is 10.0 Å². The standard InChI is InChI=1S/C24H25F3N2O3S3/c1-15-4-6-19(12-16(15)2)33-22-8-9-23(34-22)35(30,31)28-17-5-7-20(24(25,26)27)21(13-17)32-18-10-11-29(3)14-18/h4-9,12-13,18,28H,10-11,14H2,1-3H3/t18-/m1/s1. The van der Waals surface area contributed by atoms with E-state index in [2.05, 4.69) is 4.72 Å². The first-order valence-corrected chi connectivity index (χ1v) is 14.0. The number of ether oxygens (including phenoxy) is 1. The first kappa shape index (κ1) is 25.9. The van der Waals surface area contributed by atoms with Crippen LogP contribution < -0.4 is 9.46 Å². The van der Waals surface area contributed by atoms with E-state index in [0.29, 0.717) is 13.0 Å². The van der Waals surface area contributed by atoms with Gasteiger partial charge in [0.1, 0.15) is 16.1 Å². The van der Waals surface area contributed by atoms with Gasteiger partial charge in [0.05, 0.1) is 15.5 Å². The molecule has 0 radical (unpaired) electrons. The number of likely N-dealkylation sites (tertiary alicyclic amines) is 1. The summed E-state index contributed by atoms with van der Waals surface area (Å²) in [5.74, 6) is -0.379. The van der Waals surface area contributed by atoms with Crippen molar-refractivity contribution < 1.29 is 26.3 Å². The van der Waals surface area contributed by atoms with E-state index < -0.39 is 27.9 Å². The van der Waals surface area contributed by atoms with Crippen molar-refractivity contribution in [3.63, 3.8) is 0 Å². The maximum atomic E-state index is 13.5. The summed E-state index contributed by atoms with van der Waals surface area (Å²) in [5.41, 5.74) is 1.40. The van der Waals surface area contributed by atoms with Gasteiger partial charge in [-0.15, -0.1) is 11.3 Å². The molecule has 1 N–H and O–H groups in total. The minimum absolute atomic E-state index is 0.0103. The Morgan fingerprint density at radius 1 is 1.09 bits per heavy atom. The van der Waals surface area contributed by atoms with Gasteiger partial charge in [0.2, 0.25) is 0 Å². The molecule has 0 saturated carbocycles. The molecule has 1 aromatic heterocycles. The second-order valence-electron chi connectivity index (χ2n) is 8.53. The lowest BCUT2D eigenvalue weighted by atomic mass is 10.1. The molecule has 2 aromatic carbocycles. The summed E-state index contributed by atoms with van der Waals surface area (Å²) in [5, 5.41) is 0. The number of benzene rings is 2. The Hall–Kier alpha value is -2.21. The second-order valence-corrected chi connectivity index (χ2v) is 12.9. The number of alkyl halides is 3. The van der Waals surface area contributed by atoms with Crippen LogP contribution in [0.3, 0.4) is 0 Å². The van der Waals surface area contributed by atoms with E-state index in [4.69, 9.17) is 4.74 Å². The summed E-state index contributed by atoms with van der Waals surface area (Å²) in [6, 6.07) is 12.3. The highest BCUT2D eigenvalue weighted by molar-refractivity contribution is 8.02. The molecule has 1 aliphatic heterocycles. The molecular formula is C24H25F3N2O3S3. The van der Waals surface area contributed by atoms with E-state index in [1.54, 1.807) is 6.07 Å². The Bertz CT molecular complexity index is 1320. The molecule has 0 unspecified atom stereocenters. The highest BCUT2D eigenvalue weighted by Gasteiger charge is 2.36. The molecule has 5 nitrogen and oxygen atoms in total. The molecule has 1 fully saturated rings. The van der Waals surface area contributed by atoms with E-state index >= 15 is 0 Å². The molecule has 0 bridgehead atoms. The van der Waals surface area contributed by atoms with Crippen LogP contribution in [0.1, 0.15) is 23.1 Å². The molecule has 1 aliphatic rings. The first-order chi connectivity index (χ1) is 16.4. The first-order valence-electron chi connectivity index (χ1n) is 10.8. The average Bonchev–Trinajstić information content (AvgIpc) is 3.39. The smallest absolute Gasteiger partial charge is 0.419 e. The largest absolute Gasteiger partial charge is 0.488 e. The lowest BCUT2D eigenvalue weighted by Crippen LogP contribution is -2.23. The quantitative estimate of drug-likeness (QED) is 0.374. The summed E-state index contributed by atoms with van der Waals surface area (Å²) in [6.45, 7) is 5.26. The van der Waals surface area contributed by atoms with Crippen LogP contribution in [-0.4, -0.2) is 39.6 Å². The lowest BCUT2D eigenvalue weighted by Gasteiger charge is -2.19. The third-order valence-electron chi connectivity index (χ3n) is 5.70. The number of nitrogens with one attached hydrogen (secondary N) is 1. The summed E-state index contributed by atoms with van der Waals surface area (Å²) in [6.07, 6.45) is -4.42. The molecule has 0 spiro atoms. The van der Waals surface area contributed by atoms with Crippen LogP contribution in [0, 0.1) is 13.8 Å². The zero-order chi connectivity index (χ0) is 25.4. The molecule has 35 heavy (non-hydrogen) atoms. The predicted octanol–water partition coefficient (Wildman–Crippen LogP) is 6.42. The van der Waals surface area contributed by atoms with Gasteiger partial charge in [-0.3, -0.25) is 4.72 Å². The zero-order valence-corrected chi connectivity index (χ0v) is 21.8. The molecule has 4 rings (SSSR count). The Morgan fingerprint density at radius 3 is 2.51 bits per heavy atom. The Kier molecular flexibility index (Phi) is 7.42. The fourth-order valence-corrected chi connectivity index (χ4v) is 7.40. The molecule has 1 saturated heterocycles. The van der Waals surface area contributed by atoms with Gasteiger partial charge in [-0.2, -0.15) is 13.2 Å². The highest BCUT2D eigenvalue weighted by atomic mass is 32.3. The molecule has 2 heterocycles. The minimum Gasteiger partial charge on any atom is -0.488 e. The predicted molar refractivity (Wildman–Crippen MR) is 133 cm³/mol.